The highest BCUT2D eigenvalue weighted by atomic mass is 35.5. The van der Waals surface area contributed by atoms with E-state index >= 15 is 0 Å². The number of alkyl carbamates (subject to hydrolysis) is 1. The number of carbonyl (C=O) groups is 2. The topological polar surface area (TPSA) is 94.3 Å². The van der Waals surface area contributed by atoms with E-state index in [0.29, 0.717) is 41.4 Å². The molecule has 1 amide bonds. The Morgan fingerprint density at radius 3 is 2.55 bits per heavy atom. The van der Waals surface area contributed by atoms with Gasteiger partial charge in [0, 0.05) is 46.1 Å². The number of fused-ring (bicyclic) bond motifs is 1. The van der Waals surface area contributed by atoms with Crippen LogP contribution in [0.15, 0.2) is 48.7 Å². The first-order valence-electron chi connectivity index (χ1n) is 10.6. The van der Waals surface area contributed by atoms with Gasteiger partial charge in [-0.25, -0.2) is 9.78 Å². The molecule has 0 aliphatic carbocycles. The van der Waals surface area contributed by atoms with E-state index in [2.05, 4.69) is 22.1 Å². The van der Waals surface area contributed by atoms with Crippen LogP contribution in [0, 0.1) is 11.8 Å². The number of pyridine rings is 1. The van der Waals surface area contributed by atoms with Gasteiger partial charge in [0.25, 0.3) is 0 Å². The van der Waals surface area contributed by atoms with Crippen molar-refractivity contribution in [3.05, 3.63) is 70.4 Å². The molecule has 0 saturated carbocycles. The van der Waals surface area contributed by atoms with Gasteiger partial charge in [-0.2, -0.15) is 0 Å². The highest BCUT2D eigenvalue weighted by Crippen LogP contribution is 2.25. The van der Waals surface area contributed by atoms with Crippen molar-refractivity contribution in [3.63, 3.8) is 0 Å². The predicted octanol–water partition coefficient (Wildman–Crippen LogP) is 5.36. The molecule has 0 saturated heterocycles. The number of Topliss-reactive ketones (excluding diaryl/α,β-unsaturated/α-hetero) is 1. The Hall–Kier alpha value is -3.56. The molecule has 7 heteroatoms. The number of nitrogens with zero attached hydrogens (tertiary/aromatic N) is 1. The number of anilines is 1. The van der Waals surface area contributed by atoms with Crippen LogP contribution in [0.3, 0.4) is 0 Å². The molecule has 2 aromatic carbocycles. The quantitative estimate of drug-likeness (QED) is 0.302. The van der Waals surface area contributed by atoms with Crippen molar-refractivity contribution >= 4 is 40.1 Å². The first-order valence-corrected chi connectivity index (χ1v) is 11.0. The summed E-state index contributed by atoms with van der Waals surface area (Å²) < 4.78 is 5.17. The molecule has 0 aliphatic heterocycles. The number of rotatable bonds is 5. The molecule has 0 aliphatic rings. The first kappa shape index (κ1) is 24.1. The number of ketones is 1. The first-order chi connectivity index (χ1) is 15.6. The summed E-state index contributed by atoms with van der Waals surface area (Å²) in [4.78, 5) is 28.3. The Morgan fingerprint density at radius 1 is 1.12 bits per heavy atom. The van der Waals surface area contributed by atoms with Crippen LogP contribution in [0.5, 0.6) is 0 Å². The number of carbonyl (C=O) groups excluding carboxylic acids is 2. The van der Waals surface area contributed by atoms with Crippen molar-refractivity contribution < 1.29 is 14.3 Å². The average Bonchev–Trinajstić information content (AvgIpc) is 2.75. The van der Waals surface area contributed by atoms with Crippen LogP contribution in [0.25, 0.3) is 10.8 Å². The smallest absolute Gasteiger partial charge is 0.407 e. The number of nitrogens with one attached hydrogen (secondary N) is 1. The van der Waals surface area contributed by atoms with Crippen LogP contribution in [0.1, 0.15) is 55.1 Å². The highest BCUT2D eigenvalue weighted by molar-refractivity contribution is 6.31. The number of halogens is 1. The third-order valence-corrected chi connectivity index (χ3v) is 4.91. The SMILES string of the molecule is CC(C)(C)OC(=O)NCCCC(=O)c1ccc(C#Cc2c(N)ncc3ccc(Cl)cc23)cc1. The van der Waals surface area contributed by atoms with E-state index in [1.165, 1.54) is 0 Å². The largest absolute Gasteiger partial charge is 0.444 e. The second kappa shape index (κ2) is 10.4. The maximum atomic E-state index is 12.4. The summed E-state index contributed by atoms with van der Waals surface area (Å²) in [7, 11) is 0. The van der Waals surface area contributed by atoms with E-state index in [1.807, 2.05) is 12.1 Å². The van der Waals surface area contributed by atoms with Gasteiger partial charge in [0.2, 0.25) is 0 Å². The molecule has 3 N–H and O–H groups in total. The molecular formula is C26H26ClN3O3. The number of hydrogen-bond donors (Lipinski definition) is 2. The molecule has 3 aromatic rings. The van der Waals surface area contributed by atoms with Gasteiger partial charge in [0.15, 0.2) is 5.78 Å². The van der Waals surface area contributed by atoms with Crippen LogP contribution < -0.4 is 11.1 Å². The fraction of sp³-hybridized carbons (Fsp3) is 0.269. The maximum absolute atomic E-state index is 12.4. The van der Waals surface area contributed by atoms with Crippen molar-refractivity contribution in [1.82, 2.24) is 10.3 Å². The normalized spacial score (nSPS) is 10.9. The van der Waals surface area contributed by atoms with Gasteiger partial charge in [-0.1, -0.05) is 41.6 Å². The number of ether oxygens (including phenoxy) is 1. The molecule has 6 nitrogen and oxygen atoms in total. The van der Waals surface area contributed by atoms with Crippen molar-refractivity contribution in [2.45, 2.75) is 39.2 Å². The molecule has 1 aromatic heterocycles. The standard InChI is InChI=1S/C26H26ClN3O3/c1-26(2,3)33-25(32)29-14-4-5-23(31)18-9-6-17(7-10-18)8-13-21-22-15-20(27)12-11-19(22)16-30-24(21)28/h6-7,9-12,15-16H,4-5,14H2,1-3H3,(H2,28,30)(H,29,32). The Kier molecular flexibility index (Phi) is 7.57. The van der Waals surface area contributed by atoms with Crippen LogP contribution in [-0.2, 0) is 4.74 Å². The summed E-state index contributed by atoms with van der Waals surface area (Å²) in [5.41, 5.74) is 7.45. The second-order valence-corrected chi connectivity index (χ2v) is 8.97. The lowest BCUT2D eigenvalue weighted by molar-refractivity contribution is 0.0525. The molecule has 170 valence electrons. The van der Waals surface area contributed by atoms with E-state index < -0.39 is 11.7 Å². The summed E-state index contributed by atoms with van der Waals surface area (Å²) in [6.45, 7) is 5.77. The summed E-state index contributed by atoms with van der Waals surface area (Å²) >= 11 is 6.13. The van der Waals surface area contributed by atoms with Crippen molar-refractivity contribution in [3.8, 4) is 11.8 Å². The molecule has 0 bridgehead atoms. The van der Waals surface area contributed by atoms with Crippen molar-refractivity contribution in [1.29, 1.82) is 0 Å². The van der Waals surface area contributed by atoms with E-state index in [4.69, 9.17) is 22.1 Å². The summed E-state index contributed by atoms with van der Waals surface area (Å²) in [6.07, 6.45) is 2.05. The van der Waals surface area contributed by atoms with Crippen LogP contribution in [0.2, 0.25) is 5.02 Å². The Balaban J connectivity index is 1.61. The lowest BCUT2D eigenvalue weighted by Crippen LogP contribution is -2.33. The Bertz CT molecular complexity index is 1230. The van der Waals surface area contributed by atoms with E-state index in [0.717, 1.165) is 16.3 Å². The van der Waals surface area contributed by atoms with Crippen LogP contribution in [-0.4, -0.2) is 29.0 Å². The molecule has 1 heterocycles. The fourth-order valence-electron chi connectivity index (χ4n) is 3.10. The van der Waals surface area contributed by atoms with Gasteiger partial charge < -0.3 is 15.8 Å². The molecule has 0 atom stereocenters. The molecule has 0 fully saturated rings. The van der Waals surface area contributed by atoms with E-state index in [-0.39, 0.29) is 5.78 Å². The van der Waals surface area contributed by atoms with Gasteiger partial charge in [-0.3, -0.25) is 4.79 Å². The summed E-state index contributed by atoms with van der Waals surface area (Å²) in [5, 5.41) is 5.00. The second-order valence-electron chi connectivity index (χ2n) is 8.53. The number of nitrogens with two attached hydrogens (primary N) is 1. The lowest BCUT2D eigenvalue weighted by atomic mass is 10.0. The fourth-order valence-corrected chi connectivity index (χ4v) is 3.27. The number of benzene rings is 2. The van der Waals surface area contributed by atoms with Gasteiger partial charge in [0.05, 0.1) is 5.56 Å². The third kappa shape index (κ3) is 6.96. The third-order valence-electron chi connectivity index (χ3n) is 4.67. The van der Waals surface area contributed by atoms with Gasteiger partial charge in [-0.05, 0) is 51.5 Å². The summed E-state index contributed by atoms with van der Waals surface area (Å²) in [5.74, 6) is 6.50. The minimum Gasteiger partial charge on any atom is -0.444 e. The lowest BCUT2D eigenvalue weighted by Gasteiger charge is -2.19. The predicted molar refractivity (Wildman–Crippen MR) is 131 cm³/mol. The number of amides is 1. The molecule has 0 spiro atoms. The van der Waals surface area contributed by atoms with Gasteiger partial charge >= 0.3 is 6.09 Å². The van der Waals surface area contributed by atoms with Crippen molar-refractivity contribution in [2.75, 3.05) is 12.3 Å². The molecule has 0 radical (unpaired) electrons. The minimum absolute atomic E-state index is 0.00219. The highest BCUT2D eigenvalue weighted by Gasteiger charge is 2.15. The zero-order chi connectivity index (χ0) is 24.0. The molecular weight excluding hydrogens is 438 g/mol. The van der Waals surface area contributed by atoms with Crippen molar-refractivity contribution in [2.24, 2.45) is 0 Å². The van der Waals surface area contributed by atoms with Gasteiger partial charge in [0.1, 0.15) is 11.4 Å². The minimum atomic E-state index is -0.548. The van der Waals surface area contributed by atoms with E-state index in [1.54, 1.807) is 57.3 Å². The molecule has 3 rings (SSSR count). The Morgan fingerprint density at radius 2 is 1.85 bits per heavy atom. The van der Waals surface area contributed by atoms with Crippen LogP contribution in [0.4, 0.5) is 10.6 Å². The van der Waals surface area contributed by atoms with Crippen LogP contribution >= 0.6 is 11.6 Å². The number of hydrogen-bond acceptors (Lipinski definition) is 5. The maximum Gasteiger partial charge on any atom is 0.407 e. The zero-order valence-electron chi connectivity index (χ0n) is 18.9. The van der Waals surface area contributed by atoms with Gasteiger partial charge in [-0.15, -0.1) is 0 Å². The zero-order valence-corrected chi connectivity index (χ0v) is 19.6. The number of aromatic nitrogens is 1. The monoisotopic (exact) mass is 463 g/mol. The summed E-state index contributed by atoms with van der Waals surface area (Å²) in [6, 6.07) is 12.6. The Labute approximate surface area is 198 Å². The average molecular weight is 464 g/mol. The number of nitrogen functional groups attached to an aromatic ring is 1. The van der Waals surface area contributed by atoms with E-state index in [9.17, 15) is 9.59 Å². The molecule has 33 heavy (non-hydrogen) atoms. The molecule has 0 unspecified atom stereocenters.